The van der Waals surface area contributed by atoms with E-state index in [1.807, 2.05) is 0 Å². The average molecular weight is 552 g/mol. The quantitative estimate of drug-likeness (QED) is 0.411. The van der Waals surface area contributed by atoms with E-state index < -0.39 is 32.5 Å². The van der Waals surface area contributed by atoms with Gasteiger partial charge in [0.25, 0.3) is 10.0 Å². The van der Waals surface area contributed by atoms with E-state index in [9.17, 15) is 21.6 Å². The third-order valence-corrected chi connectivity index (χ3v) is 8.17. The van der Waals surface area contributed by atoms with Gasteiger partial charge >= 0.3 is 0 Å². The molecule has 0 saturated heterocycles. The van der Waals surface area contributed by atoms with Crippen LogP contribution in [-0.2, 0) is 24.8 Å². The van der Waals surface area contributed by atoms with Gasteiger partial charge in [-0.3, -0.25) is 13.8 Å². The molecule has 0 aromatic heterocycles. The average Bonchev–Trinajstić information content (AvgIpc) is 2.80. The van der Waals surface area contributed by atoms with Crippen molar-refractivity contribution in [2.45, 2.75) is 18.7 Å². The number of carbonyl (C=O) groups is 1. The number of methoxy groups -OCH3 is 1. The molecule has 36 heavy (non-hydrogen) atoms. The summed E-state index contributed by atoms with van der Waals surface area (Å²) in [6.45, 7) is 2.99. The molecule has 9 nitrogen and oxygen atoms in total. The van der Waals surface area contributed by atoms with Crippen molar-refractivity contribution < 1.29 is 26.4 Å². The van der Waals surface area contributed by atoms with Crippen LogP contribution in [0.25, 0.3) is 0 Å². The smallest absolute Gasteiger partial charge is 0.261 e. The zero-order valence-corrected chi connectivity index (χ0v) is 22.5. The number of benzene rings is 3. The number of aryl methyl sites for hydroxylation is 1. The maximum Gasteiger partial charge on any atom is 0.261 e. The van der Waals surface area contributed by atoms with E-state index in [2.05, 4.69) is 10.0 Å². The molecule has 0 unspecified atom stereocenters. The highest BCUT2D eigenvalue weighted by molar-refractivity contribution is 7.92. The van der Waals surface area contributed by atoms with Crippen LogP contribution < -0.4 is 19.1 Å². The number of halogens is 1. The first-order valence-corrected chi connectivity index (χ1v) is 14.3. The molecule has 2 N–H and O–H groups in total. The Morgan fingerprint density at radius 3 is 2.28 bits per heavy atom. The summed E-state index contributed by atoms with van der Waals surface area (Å²) in [5, 5.41) is 3.02. The summed E-state index contributed by atoms with van der Waals surface area (Å²) >= 11 is 6.06. The molecule has 0 saturated carbocycles. The largest absolute Gasteiger partial charge is 0.495 e. The minimum atomic E-state index is -3.91. The van der Waals surface area contributed by atoms with Crippen LogP contribution in [0.5, 0.6) is 5.75 Å². The molecule has 0 atom stereocenters. The summed E-state index contributed by atoms with van der Waals surface area (Å²) in [5.74, 6) is -0.317. The molecule has 0 aliphatic carbocycles. The number of hydrogen-bond donors (Lipinski definition) is 2. The molecule has 0 fully saturated rings. The summed E-state index contributed by atoms with van der Waals surface area (Å²) in [7, 11) is -6.32. The first-order chi connectivity index (χ1) is 16.8. The highest BCUT2D eigenvalue weighted by Gasteiger charge is 2.24. The van der Waals surface area contributed by atoms with Crippen molar-refractivity contribution in [3.63, 3.8) is 0 Å². The maximum absolute atomic E-state index is 12.8. The van der Waals surface area contributed by atoms with Crippen LogP contribution in [0.1, 0.15) is 11.1 Å². The van der Waals surface area contributed by atoms with E-state index in [4.69, 9.17) is 16.3 Å². The Labute approximate surface area is 216 Å². The number of hydrogen-bond acceptors (Lipinski definition) is 6. The molecule has 1 amide bonds. The molecule has 0 heterocycles. The molecule has 0 aliphatic heterocycles. The Kier molecular flexibility index (Phi) is 8.17. The van der Waals surface area contributed by atoms with Gasteiger partial charge in [0, 0.05) is 10.7 Å². The minimum Gasteiger partial charge on any atom is -0.495 e. The molecule has 12 heteroatoms. The Bertz CT molecular complexity index is 1490. The Morgan fingerprint density at radius 2 is 1.67 bits per heavy atom. The van der Waals surface area contributed by atoms with E-state index >= 15 is 0 Å². The van der Waals surface area contributed by atoms with Crippen molar-refractivity contribution in [1.82, 2.24) is 0 Å². The lowest BCUT2D eigenvalue weighted by atomic mass is 10.2. The second kappa shape index (κ2) is 10.8. The summed E-state index contributed by atoms with van der Waals surface area (Å²) in [5.41, 5.74) is 2.26. The van der Waals surface area contributed by atoms with Gasteiger partial charge in [-0.05, 0) is 73.5 Å². The van der Waals surface area contributed by atoms with E-state index in [1.165, 1.54) is 31.4 Å². The van der Waals surface area contributed by atoms with E-state index in [-0.39, 0.29) is 10.6 Å². The van der Waals surface area contributed by atoms with Gasteiger partial charge in [0.2, 0.25) is 15.9 Å². The number of ether oxygens (including phenoxy) is 1. The van der Waals surface area contributed by atoms with Crippen molar-refractivity contribution in [2.24, 2.45) is 0 Å². The predicted octanol–water partition coefficient (Wildman–Crippen LogP) is 4.17. The van der Waals surface area contributed by atoms with Crippen molar-refractivity contribution in [1.29, 1.82) is 0 Å². The van der Waals surface area contributed by atoms with Crippen molar-refractivity contribution in [2.75, 3.05) is 34.3 Å². The van der Waals surface area contributed by atoms with Crippen molar-refractivity contribution >= 4 is 54.6 Å². The monoisotopic (exact) mass is 551 g/mol. The van der Waals surface area contributed by atoms with E-state index in [1.54, 1.807) is 50.2 Å². The normalized spacial score (nSPS) is 11.6. The molecule has 192 valence electrons. The number of sulfonamides is 2. The van der Waals surface area contributed by atoms with E-state index in [0.29, 0.717) is 27.7 Å². The zero-order chi connectivity index (χ0) is 26.7. The predicted molar refractivity (Wildman–Crippen MR) is 142 cm³/mol. The summed E-state index contributed by atoms with van der Waals surface area (Å²) in [6, 6.07) is 15.4. The maximum atomic E-state index is 12.8. The third kappa shape index (κ3) is 6.48. The Morgan fingerprint density at radius 1 is 1.00 bits per heavy atom. The van der Waals surface area contributed by atoms with Crippen LogP contribution in [0.2, 0.25) is 5.02 Å². The van der Waals surface area contributed by atoms with Crippen LogP contribution in [0.3, 0.4) is 0 Å². The second-order valence-corrected chi connectivity index (χ2v) is 12.0. The third-order valence-electron chi connectivity index (χ3n) is 5.25. The topological polar surface area (TPSA) is 122 Å². The SMILES string of the molecule is COc1ccc(C)cc1N(CC(=O)Nc1ccc(S(=O)(=O)Nc2cccc(Cl)c2C)cc1)S(C)(=O)=O. The zero-order valence-electron chi connectivity index (χ0n) is 20.1. The number of anilines is 3. The van der Waals surface area contributed by atoms with Crippen molar-refractivity contribution in [3.05, 3.63) is 76.8 Å². The van der Waals surface area contributed by atoms with Gasteiger partial charge < -0.3 is 10.1 Å². The summed E-state index contributed by atoms with van der Waals surface area (Å²) in [6.07, 6.45) is 0.996. The number of carbonyl (C=O) groups excluding carboxylic acids is 1. The summed E-state index contributed by atoms with van der Waals surface area (Å²) in [4.78, 5) is 12.7. The van der Waals surface area contributed by atoms with Crippen LogP contribution in [0.4, 0.5) is 17.1 Å². The molecule has 0 aliphatic rings. The van der Waals surface area contributed by atoms with Gasteiger partial charge in [-0.2, -0.15) is 0 Å². The first-order valence-electron chi connectivity index (χ1n) is 10.6. The molecule has 3 aromatic rings. The Hall–Kier alpha value is -3.28. The second-order valence-electron chi connectivity index (χ2n) is 8.04. The van der Waals surface area contributed by atoms with Crippen LogP contribution in [0.15, 0.2) is 65.6 Å². The van der Waals surface area contributed by atoms with Gasteiger partial charge in [0.15, 0.2) is 0 Å². The number of amides is 1. The molecule has 3 rings (SSSR count). The lowest BCUT2D eigenvalue weighted by molar-refractivity contribution is -0.114. The highest BCUT2D eigenvalue weighted by atomic mass is 35.5. The number of nitrogens with one attached hydrogen (secondary N) is 2. The molecule has 0 bridgehead atoms. The first kappa shape index (κ1) is 27.3. The number of nitrogens with zero attached hydrogens (tertiary/aromatic N) is 1. The standard InChI is InChI=1S/C24H26ClN3O6S2/c1-16-8-13-23(34-3)22(14-16)28(35(4,30)31)15-24(29)26-18-9-11-19(12-10-18)36(32,33)27-21-7-5-6-20(25)17(21)2/h5-14,27H,15H2,1-4H3,(H,26,29). The fourth-order valence-electron chi connectivity index (χ4n) is 3.35. The fraction of sp³-hybridized carbons (Fsp3) is 0.208. The lowest BCUT2D eigenvalue weighted by Crippen LogP contribution is -2.37. The molecule has 0 spiro atoms. The molecule has 3 aromatic carbocycles. The number of rotatable bonds is 9. The fourth-order valence-corrected chi connectivity index (χ4v) is 5.50. The summed E-state index contributed by atoms with van der Waals surface area (Å²) < 4.78 is 59.2. The van der Waals surface area contributed by atoms with Gasteiger partial charge in [0.05, 0.1) is 29.6 Å². The van der Waals surface area contributed by atoms with Gasteiger partial charge in [-0.15, -0.1) is 0 Å². The van der Waals surface area contributed by atoms with Gasteiger partial charge in [-0.25, -0.2) is 16.8 Å². The van der Waals surface area contributed by atoms with E-state index in [0.717, 1.165) is 16.1 Å². The molecular weight excluding hydrogens is 526 g/mol. The van der Waals surface area contributed by atoms with Crippen molar-refractivity contribution in [3.8, 4) is 5.75 Å². The lowest BCUT2D eigenvalue weighted by Gasteiger charge is -2.24. The molecular formula is C24H26ClN3O6S2. The van der Waals surface area contributed by atoms with Gasteiger partial charge in [-0.1, -0.05) is 23.7 Å². The van der Waals surface area contributed by atoms with Crippen LogP contribution in [0, 0.1) is 13.8 Å². The van der Waals surface area contributed by atoms with Crippen LogP contribution >= 0.6 is 11.6 Å². The Balaban J connectivity index is 1.77. The minimum absolute atomic E-state index is 0.0258. The molecule has 0 radical (unpaired) electrons. The van der Waals surface area contributed by atoms with Crippen LogP contribution in [-0.4, -0.2) is 42.7 Å². The van der Waals surface area contributed by atoms with Gasteiger partial charge in [0.1, 0.15) is 12.3 Å². The highest BCUT2D eigenvalue weighted by Crippen LogP contribution is 2.31.